The zero-order valence-electron chi connectivity index (χ0n) is 16.6. The number of benzene rings is 1. The number of ether oxygens (including phenoxy) is 1. The summed E-state index contributed by atoms with van der Waals surface area (Å²) in [6.07, 6.45) is 3.27. The van der Waals surface area contributed by atoms with E-state index in [1.807, 2.05) is 31.2 Å². The number of carbonyl (C=O) groups is 1. The van der Waals surface area contributed by atoms with E-state index in [0.717, 1.165) is 49.2 Å². The summed E-state index contributed by atoms with van der Waals surface area (Å²) in [5.74, 6) is 0.911. The number of hydrogen-bond donors (Lipinski definition) is 1. The molecule has 6 heteroatoms. The number of carbonyl (C=O) groups excluding carboxylic acids is 1. The Hall–Kier alpha value is -2.63. The van der Waals surface area contributed by atoms with Crippen LogP contribution < -0.4 is 15.4 Å². The van der Waals surface area contributed by atoms with Crippen LogP contribution in [0, 0.1) is 12.3 Å². The van der Waals surface area contributed by atoms with Crippen LogP contribution in [-0.4, -0.2) is 36.3 Å². The first-order chi connectivity index (χ1) is 12.8. The first-order valence-electron chi connectivity index (χ1n) is 9.39. The van der Waals surface area contributed by atoms with Gasteiger partial charge in [-0.15, -0.1) is 10.2 Å². The Labute approximate surface area is 160 Å². The van der Waals surface area contributed by atoms with Gasteiger partial charge in [0.1, 0.15) is 5.75 Å². The Morgan fingerprint density at radius 3 is 2.48 bits per heavy atom. The molecule has 1 amide bonds. The fourth-order valence-electron chi connectivity index (χ4n) is 3.68. The summed E-state index contributed by atoms with van der Waals surface area (Å²) in [6.45, 7) is 8.17. The molecule has 0 atom stereocenters. The Kier molecular flexibility index (Phi) is 5.35. The van der Waals surface area contributed by atoms with Gasteiger partial charge in [0, 0.05) is 18.7 Å². The van der Waals surface area contributed by atoms with Crippen molar-refractivity contribution >= 4 is 11.7 Å². The SMILES string of the molecule is COc1ccc(-c2nnc(N3CCCC(C)(C)CC3)c(C(N)=O)c2C)cc1. The zero-order chi connectivity index (χ0) is 19.6. The topological polar surface area (TPSA) is 81.3 Å². The van der Waals surface area contributed by atoms with Crippen LogP contribution in [0.15, 0.2) is 24.3 Å². The second-order valence-electron chi connectivity index (χ2n) is 7.97. The van der Waals surface area contributed by atoms with Crippen molar-refractivity contribution in [3.05, 3.63) is 35.4 Å². The normalized spacial score (nSPS) is 16.7. The fourth-order valence-corrected chi connectivity index (χ4v) is 3.68. The number of amides is 1. The molecule has 1 aromatic heterocycles. The average Bonchev–Trinajstić information content (AvgIpc) is 2.82. The highest BCUT2D eigenvalue weighted by Gasteiger charge is 2.27. The Morgan fingerprint density at radius 2 is 1.85 bits per heavy atom. The van der Waals surface area contributed by atoms with Crippen molar-refractivity contribution in [2.24, 2.45) is 11.1 Å². The highest BCUT2D eigenvalue weighted by molar-refractivity contribution is 6.00. The third-order valence-corrected chi connectivity index (χ3v) is 5.45. The summed E-state index contributed by atoms with van der Waals surface area (Å²) in [7, 11) is 1.63. The standard InChI is InChI=1S/C21H28N4O2/c1-14-17(19(22)26)20(25-12-5-10-21(2,3)11-13-25)24-23-18(14)15-6-8-16(27-4)9-7-15/h6-9H,5,10-13H2,1-4H3,(H2,22,26). The number of anilines is 1. The lowest BCUT2D eigenvalue weighted by molar-refractivity contribution is 0.0999. The number of rotatable bonds is 4. The molecule has 144 valence electrons. The van der Waals surface area contributed by atoms with E-state index in [0.29, 0.717) is 22.5 Å². The molecular formula is C21H28N4O2. The minimum Gasteiger partial charge on any atom is -0.497 e. The van der Waals surface area contributed by atoms with Crippen molar-refractivity contribution in [3.63, 3.8) is 0 Å². The predicted molar refractivity (Wildman–Crippen MR) is 107 cm³/mol. The Bertz CT molecular complexity index is 831. The van der Waals surface area contributed by atoms with E-state index in [4.69, 9.17) is 10.5 Å². The van der Waals surface area contributed by atoms with Gasteiger partial charge in [-0.2, -0.15) is 0 Å². The molecule has 1 aliphatic heterocycles. The van der Waals surface area contributed by atoms with E-state index in [9.17, 15) is 4.79 Å². The second-order valence-corrected chi connectivity index (χ2v) is 7.97. The predicted octanol–water partition coefficient (Wildman–Crippen LogP) is 3.58. The van der Waals surface area contributed by atoms with Crippen LogP contribution in [0.5, 0.6) is 5.75 Å². The van der Waals surface area contributed by atoms with Gasteiger partial charge in [0.05, 0.1) is 18.4 Å². The highest BCUT2D eigenvalue weighted by Crippen LogP contribution is 2.34. The van der Waals surface area contributed by atoms with E-state index in [1.54, 1.807) is 7.11 Å². The van der Waals surface area contributed by atoms with Crippen LogP contribution >= 0.6 is 0 Å². The minimum absolute atomic E-state index is 0.299. The van der Waals surface area contributed by atoms with Gasteiger partial charge in [0.2, 0.25) is 0 Å². The van der Waals surface area contributed by atoms with E-state index in [1.165, 1.54) is 0 Å². The molecule has 6 nitrogen and oxygen atoms in total. The molecule has 1 saturated heterocycles. The third kappa shape index (κ3) is 4.04. The molecule has 2 aromatic rings. The molecule has 27 heavy (non-hydrogen) atoms. The van der Waals surface area contributed by atoms with Crippen LogP contribution in [0.4, 0.5) is 5.82 Å². The van der Waals surface area contributed by atoms with Crippen molar-refractivity contribution in [2.75, 3.05) is 25.1 Å². The van der Waals surface area contributed by atoms with Crippen LogP contribution in [0.2, 0.25) is 0 Å². The van der Waals surface area contributed by atoms with E-state index >= 15 is 0 Å². The molecule has 3 rings (SSSR count). The lowest BCUT2D eigenvalue weighted by Crippen LogP contribution is -2.30. The minimum atomic E-state index is -0.462. The molecule has 1 aromatic carbocycles. The van der Waals surface area contributed by atoms with Crippen molar-refractivity contribution < 1.29 is 9.53 Å². The molecule has 0 saturated carbocycles. The second kappa shape index (κ2) is 7.55. The van der Waals surface area contributed by atoms with Gasteiger partial charge in [-0.3, -0.25) is 4.79 Å². The maximum Gasteiger partial charge on any atom is 0.252 e. The highest BCUT2D eigenvalue weighted by atomic mass is 16.5. The van der Waals surface area contributed by atoms with Crippen molar-refractivity contribution in [3.8, 4) is 17.0 Å². The van der Waals surface area contributed by atoms with Crippen LogP contribution in [0.3, 0.4) is 0 Å². The number of primary amides is 1. The van der Waals surface area contributed by atoms with E-state index in [2.05, 4.69) is 28.9 Å². The number of nitrogens with zero attached hydrogens (tertiary/aromatic N) is 3. The van der Waals surface area contributed by atoms with Gasteiger partial charge < -0.3 is 15.4 Å². The van der Waals surface area contributed by atoms with Gasteiger partial charge >= 0.3 is 0 Å². The maximum atomic E-state index is 12.3. The van der Waals surface area contributed by atoms with Gasteiger partial charge in [-0.05, 0) is 61.4 Å². The number of methoxy groups -OCH3 is 1. The molecule has 1 fully saturated rings. The van der Waals surface area contributed by atoms with Crippen molar-refractivity contribution in [1.29, 1.82) is 0 Å². The molecule has 0 bridgehead atoms. The van der Waals surface area contributed by atoms with Gasteiger partial charge in [0.25, 0.3) is 5.91 Å². The van der Waals surface area contributed by atoms with E-state index < -0.39 is 5.91 Å². The maximum absolute atomic E-state index is 12.3. The molecule has 0 aliphatic carbocycles. The molecule has 2 N–H and O–H groups in total. The summed E-state index contributed by atoms with van der Waals surface area (Å²) in [5, 5.41) is 8.89. The van der Waals surface area contributed by atoms with Gasteiger partial charge in [-0.25, -0.2) is 0 Å². The smallest absolute Gasteiger partial charge is 0.252 e. The zero-order valence-corrected chi connectivity index (χ0v) is 16.6. The monoisotopic (exact) mass is 368 g/mol. The quantitative estimate of drug-likeness (QED) is 0.892. The summed E-state index contributed by atoms with van der Waals surface area (Å²) >= 11 is 0. The lowest BCUT2D eigenvalue weighted by Gasteiger charge is -2.25. The molecular weight excluding hydrogens is 340 g/mol. The van der Waals surface area contributed by atoms with Crippen LogP contribution in [0.1, 0.15) is 49.0 Å². The Morgan fingerprint density at radius 1 is 1.15 bits per heavy atom. The lowest BCUT2D eigenvalue weighted by atomic mass is 9.85. The summed E-state index contributed by atoms with van der Waals surface area (Å²) in [4.78, 5) is 14.4. The molecule has 0 spiro atoms. The molecule has 0 radical (unpaired) electrons. The first kappa shape index (κ1) is 19.1. The molecule has 0 unspecified atom stereocenters. The largest absolute Gasteiger partial charge is 0.497 e. The average molecular weight is 368 g/mol. The third-order valence-electron chi connectivity index (χ3n) is 5.45. The summed E-state index contributed by atoms with van der Waals surface area (Å²) in [6, 6.07) is 7.56. The summed E-state index contributed by atoms with van der Waals surface area (Å²) < 4.78 is 5.21. The number of hydrogen-bond acceptors (Lipinski definition) is 5. The van der Waals surface area contributed by atoms with Gasteiger partial charge in [0.15, 0.2) is 5.82 Å². The number of aromatic nitrogens is 2. The molecule has 2 heterocycles. The van der Waals surface area contributed by atoms with E-state index in [-0.39, 0.29) is 0 Å². The van der Waals surface area contributed by atoms with Gasteiger partial charge in [-0.1, -0.05) is 13.8 Å². The Balaban J connectivity index is 2.01. The fraction of sp³-hybridized carbons (Fsp3) is 0.476. The van der Waals surface area contributed by atoms with Crippen LogP contribution in [-0.2, 0) is 0 Å². The van der Waals surface area contributed by atoms with Crippen molar-refractivity contribution in [1.82, 2.24) is 10.2 Å². The molecule has 1 aliphatic rings. The first-order valence-corrected chi connectivity index (χ1v) is 9.39. The number of nitrogens with two attached hydrogens (primary N) is 1. The van der Waals surface area contributed by atoms with Crippen LogP contribution in [0.25, 0.3) is 11.3 Å². The summed E-state index contributed by atoms with van der Waals surface area (Å²) in [5.41, 5.74) is 8.84. The van der Waals surface area contributed by atoms with Crippen molar-refractivity contribution in [2.45, 2.75) is 40.0 Å².